The highest BCUT2D eigenvalue weighted by atomic mass is 14.9. The third-order valence-corrected chi connectivity index (χ3v) is 6.94. The number of hydrogen-bond acceptors (Lipinski definition) is 0. The van der Waals surface area contributed by atoms with Crippen LogP contribution >= 0.6 is 0 Å². The van der Waals surface area contributed by atoms with Crippen molar-refractivity contribution in [1.82, 2.24) is 0 Å². The van der Waals surface area contributed by atoms with Crippen LogP contribution in [0.25, 0.3) is 0 Å². The molecule has 5 aliphatic rings. The van der Waals surface area contributed by atoms with Gasteiger partial charge in [0.05, 0.1) is 0 Å². The average Bonchev–Trinajstić information content (AvgIpc) is 2.52. The zero-order valence-corrected chi connectivity index (χ0v) is 8.37. The molecule has 0 bridgehead atoms. The van der Waals surface area contributed by atoms with E-state index in [0.717, 1.165) is 5.41 Å². The lowest BCUT2D eigenvalue weighted by Crippen LogP contribution is -2.58. The van der Waals surface area contributed by atoms with Gasteiger partial charge < -0.3 is 0 Å². The second-order valence-electron chi connectivity index (χ2n) is 6.90. The molecule has 0 N–H and O–H groups in total. The molecule has 0 aromatic heterocycles. The Hall–Kier alpha value is 0. The largest absolute Gasteiger partial charge is 0.0591 e. The first-order chi connectivity index (χ1) is 6.31. The Morgan fingerprint density at radius 2 is 2.00 bits per heavy atom. The minimum absolute atomic E-state index is 0.899. The van der Waals surface area contributed by atoms with Gasteiger partial charge in [-0.1, -0.05) is 6.92 Å². The maximum absolute atomic E-state index is 2.58. The zero-order chi connectivity index (χ0) is 8.37. The standard InChI is InChI=1S/C13H18/c1-13-5-9(13)11-8-4-6-2-3-7(6)10(8)12(11)13/h6-12H,2-5H2,1H3. The van der Waals surface area contributed by atoms with Crippen molar-refractivity contribution in [2.75, 3.05) is 0 Å². The van der Waals surface area contributed by atoms with E-state index in [0.29, 0.717) is 0 Å². The summed E-state index contributed by atoms with van der Waals surface area (Å²) in [6.45, 7) is 2.58. The lowest BCUT2D eigenvalue weighted by Gasteiger charge is -2.62. The molecule has 5 aliphatic carbocycles. The Labute approximate surface area is 80.1 Å². The smallest absolute Gasteiger partial charge is 0.0258 e. The van der Waals surface area contributed by atoms with Gasteiger partial charge in [0.15, 0.2) is 0 Å². The van der Waals surface area contributed by atoms with E-state index in [1.807, 2.05) is 0 Å². The highest BCUT2D eigenvalue weighted by Crippen LogP contribution is 2.87. The van der Waals surface area contributed by atoms with E-state index in [2.05, 4.69) is 6.92 Å². The van der Waals surface area contributed by atoms with E-state index >= 15 is 0 Å². The van der Waals surface area contributed by atoms with Crippen LogP contribution in [0.1, 0.15) is 32.6 Å². The fourth-order valence-corrected chi connectivity index (χ4v) is 6.23. The summed E-state index contributed by atoms with van der Waals surface area (Å²) in [7, 11) is 0. The number of rotatable bonds is 0. The molecular formula is C13H18. The van der Waals surface area contributed by atoms with E-state index in [4.69, 9.17) is 0 Å². The topological polar surface area (TPSA) is 0 Å². The van der Waals surface area contributed by atoms with Crippen molar-refractivity contribution in [3.8, 4) is 0 Å². The molecule has 0 saturated heterocycles. The Morgan fingerprint density at radius 1 is 1.08 bits per heavy atom. The summed E-state index contributed by atoms with van der Waals surface area (Å²) in [5.74, 6) is 8.62. The fourth-order valence-electron chi connectivity index (χ4n) is 6.23. The Kier molecular flexibility index (Phi) is 0.753. The van der Waals surface area contributed by atoms with Crippen LogP contribution in [0, 0.1) is 46.8 Å². The first-order valence-electron chi connectivity index (χ1n) is 6.31. The quantitative estimate of drug-likeness (QED) is 0.529. The van der Waals surface area contributed by atoms with Crippen molar-refractivity contribution in [2.24, 2.45) is 46.8 Å². The Bertz CT molecular complexity index is 307. The molecule has 8 atom stereocenters. The summed E-state index contributed by atoms with van der Waals surface area (Å²) in [6, 6.07) is 0. The molecular weight excluding hydrogens is 156 g/mol. The summed E-state index contributed by atoms with van der Waals surface area (Å²) in [5, 5.41) is 0. The highest BCUT2D eigenvalue weighted by Gasteiger charge is 2.82. The average molecular weight is 174 g/mol. The minimum atomic E-state index is 0.899. The van der Waals surface area contributed by atoms with Gasteiger partial charge in [-0.15, -0.1) is 0 Å². The van der Waals surface area contributed by atoms with Gasteiger partial charge in [-0.2, -0.15) is 0 Å². The van der Waals surface area contributed by atoms with Gasteiger partial charge >= 0.3 is 0 Å². The number of hydrogen-bond donors (Lipinski definition) is 0. The number of fused-ring (bicyclic) bond motifs is 9. The molecule has 0 nitrogen and oxygen atoms in total. The van der Waals surface area contributed by atoms with E-state index in [1.54, 1.807) is 25.7 Å². The van der Waals surface area contributed by atoms with Crippen molar-refractivity contribution in [1.29, 1.82) is 0 Å². The molecule has 8 unspecified atom stereocenters. The molecule has 0 aliphatic heterocycles. The van der Waals surface area contributed by atoms with Crippen LogP contribution in [0.2, 0.25) is 0 Å². The van der Waals surface area contributed by atoms with E-state index in [1.165, 1.54) is 41.4 Å². The third kappa shape index (κ3) is 0.444. The van der Waals surface area contributed by atoms with Crippen molar-refractivity contribution >= 4 is 0 Å². The lowest BCUT2D eigenvalue weighted by atomic mass is 9.42. The third-order valence-electron chi connectivity index (χ3n) is 6.94. The second-order valence-corrected chi connectivity index (χ2v) is 6.90. The minimum Gasteiger partial charge on any atom is -0.0591 e. The molecule has 5 rings (SSSR count). The van der Waals surface area contributed by atoms with Crippen LogP contribution in [0.5, 0.6) is 0 Å². The van der Waals surface area contributed by atoms with Crippen molar-refractivity contribution in [3.05, 3.63) is 0 Å². The second kappa shape index (κ2) is 1.51. The molecule has 5 fully saturated rings. The van der Waals surface area contributed by atoms with Crippen LogP contribution in [-0.2, 0) is 0 Å². The van der Waals surface area contributed by atoms with Gasteiger partial charge in [0.25, 0.3) is 0 Å². The van der Waals surface area contributed by atoms with Gasteiger partial charge in [-0.3, -0.25) is 0 Å². The van der Waals surface area contributed by atoms with Gasteiger partial charge in [-0.05, 0) is 72.5 Å². The Balaban J connectivity index is 1.56. The van der Waals surface area contributed by atoms with E-state index in [9.17, 15) is 0 Å². The predicted molar refractivity (Wildman–Crippen MR) is 51.0 cm³/mol. The van der Waals surface area contributed by atoms with Crippen molar-refractivity contribution in [2.45, 2.75) is 32.6 Å². The fraction of sp³-hybridized carbons (Fsp3) is 1.00. The molecule has 0 spiro atoms. The van der Waals surface area contributed by atoms with Gasteiger partial charge in [-0.25, -0.2) is 0 Å². The van der Waals surface area contributed by atoms with Crippen molar-refractivity contribution < 1.29 is 0 Å². The first-order valence-corrected chi connectivity index (χ1v) is 6.31. The summed E-state index contributed by atoms with van der Waals surface area (Å²) >= 11 is 0. The summed E-state index contributed by atoms with van der Waals surface area (Å²) in [6.07, 6.45) is 6.48. The molecule has 0 aromatic rings. The Morgan fingerprint density at radius 3 is 2.77 bits per heavy atom. The lowest BCUT2D eigenvalue weighted by molar-refractivity contribution is -0.155. The van der Waals surface area contributed by atoms with Gasteiger partial charge in [0, 0.05) is 0 Å². The van der Waals surface area contributed by atoms with Crippen LogP contribution in [0.15, 0.2) is 0 Å². The first kappa shape index (κ1) is 6.48. The van der Waals surface area contributed by atoms with Crippen molar-refractivity contribution in [3.63, 3.8) is 0 Å². The van der Waals surface area contributed by atoms with Crippen LogP contribution in [0.4, 0.5) is 0 Å². The van der Waals surface area contributed by atoms with E-state index < -0.39 is 0 Å². The summed E-state index contributed by atoms with van der Waals surface area (Å²) in [4.78, 5) is 0. The predicted octanol–water partition coefficient (Wildman–Crippen LogP) is 2.93. The van der Waals surface area contributed by atoms with Crippen LogP contribution < -0.4 is 0 Å². The maximum Gasteiger partial charge on any atom is -0.0258 e. The van der Waals surface area contributed by atoms with Crippen LogP contribution in [-0.4, -0.2) is 0 Å². The highest BCUT2D eigenvalue weighted by molar-refractivity contribution is 5.30. The summed E-state index contributed by atoms with van der Waals surface area (Å²) in [5.41, 5.74) is 0.899. The van der Waals surface area contributed by atoms with E-state index in [-0.39, 0.29) is 0 Å². The molecule has 0 amide bonds. The molecule has 13 heavy (non-hydrogen) atoms. The molecule has 0 heteroatoms. The molecule has 5 saturated carbocycles. The molecule has 0 radical (unpaired) electrons. The summed E-state index contributed by atoms with van der Waals surface area (Å²) < 4.78 is 0. The SMILES string of the molecule is CC12CC1C1C3CC4CCC4C3C12. The molecule has 0 heterocycles. The maximum atomic E-state index is 2.58. The van der Waals surface area contributed by atoms with Crippen LogP contribution in [0.3, 0.4) is 0 Å². The molecule has 0 aromatic carbocycles. The van der Waals surface area contributed by atoms with Gasteiger partial charge in [0.1, 0.15) is 0 Å². The zero-order valence-electron chi connectivity index (χ0n) is 8.37. The van der Waals surface area contributed by atoms with Gasteiger partial charge in [0.2, 0.25) is 0 Å². The normalized spacial score (nSPS) is 80.5. The molecule has 70 valence electrons. The monoisotopic (exact) mass is 174 g/mol.